The van der Waals surface area contributed by atoms with Crippen LogP contribution < -0.4 is 5.73 Å². The summed E-state index contributed by atoms with van der Waals surface area (Å²) in [5.74, 6) is -0.371. The second-order valence-corrected chi connectivity index (χ2v) is 4.87. The topological polar surface area (TPSA) is 43.1 Å². The van der Waals surface area contributed by atoms with Crippen LogP contribution in [0.25, 0.3) is 0 Å². The summed E-state index contributed by atoms with van der Waals surface area (Å²) in [4.78, 5) is 12.1. The summed E-state index contributed by atoms with van der Waals surface area (Å²) in [5.41, 5.74) is 7.11. The lowest BCUT2D eigenvalue weighted by Gasteiger charge is -2.09. The highest BCUT2D eigenvalue weighted by Gasteiger charge is 2.30. The van der Waals surface area contributed by atoms with Gasteiger partial charge in [0.1, 0.15) is 0 Å². The number of anilines is 1. The van der Waals surface area contributed by atoms with E-state index in [4.69, 9.17) is 5.73 Å². The zero-order valence-electron chi connectivity index (χ0n) is 11.4. The first-order valence-electron chi connectivity index (χ1n) is 6.33. The third-order valence-corrected chi connectivity index (χ3v) is 3.22. The standard InChI is InChI=1S/C16H14F3NO/c1-10-5-6-11(7-14(10)20)8-15(21)12-3-2-4-13(9-12)16(17,18)19/h2-7,9H,8,20H2,1H3. The number of halogens is 3. The number of Topliss-reactive ketones (excluding diaryl/α,β-unsaturated/α-hetero) is 1. The number of alkyl halides is 3. The summed E-state index contributed by atoms with van der Waals surface area (Å²) in [6, 6.07) is 9.64. The molecule has 0 spiro atoms. The van der Waals surface area contributed by atoms with Gasteiger partial charge in [0.05, 0.1) is 5.56 Å². The van der Waals surface area contributed by atoms with E-state index >= 15 is 0 Å². The third kappa shape index (κ3) is 3.62. The molecule has 5 heteroatoms. The number of nitrogen functional groups attached to an aromatic ring is 1. The first-order valence-corrected chi connectivity index (χ1v) is 6.33. The van der Waals surface area contributed by atoms with E-state index in [1.54, 1.807) is 18.2 Å². The molecule has 0 fully saturated rings. The van der Waals surface area contributed by atoms with Crippen molar-refractivity contribution >= 4 is 11.5 Å². The maximum Gasteiger partial charge on any atom is 0.416 e. The number of carbonyl (C=O) groups is 1. The molecule has 110 valence electrons. The van der Waals surface area contributed by atoms with Gasteiger partial charge in [-0.1, -0.05) is 24.3 Å². The maximum absolute atomic E-state index is 12.6. The van der Waals surface area contributed by atoms with Crippen LogP contribution in [0.1, 0.15) is 27.0 Å². The van der Waals surface area contributed by atoms with Gasteiger partial charge in [0.2, 0.25) is 0 Å². The van der Waals surface area contributed by atoms with E-state index < -0.39 is 11.7 Å². The van der Waals surface area contributed by atoms with Crippen molar-refractivity contribution in [1.29, 1.82) is 0 Å². The van der Waals surface area contributed by atoms with E-state index in [0.29, 0.717) is 11.3 Å². The number of nitrogens with two attached hydrogens (primary N) is 1. The van der Waals surface area contributed by atoms with Gasteiger partial charge in [0, 0.05) is 17.7 Å². The van der Waals surface area contributed by atoms with Gasteiger partial charge < -0.3 is 5.73 Å². The highest BCUT2D eigenvalue weighted by molar-refractivity contribution is 5.97. The molecule has 0 atom stereocenters. The summed E-state index contributed by atoms with van der Waals surface area (Å²) in [6.45, 7) is 1.84. The highest BCUT2D eigenvalue weighted by Crippen LogP contribution is 2.29. The van der Waals surface area contributed by atoms with E-state index in [1.807, 2.05) is 6.92 Å². The van der Waals surface area contributed by atoms with Crippen molar-refractivity contribution in [2.45, 2.75) is 19.5 Å². The Morgan fingerprint density at radius 2 is 1.86 bits per heavy atom. The average molecular weight is 293 g/mol. The Labute approximate surface area is 120 Å². The fourth-order valence-corrected chi connectivity index (χ4v) is 1.96. The van der Waals surface area contributed by atoms with Crippen LogP contribution in [0.3, 0.4) is 0 Å². The molecule has 0 aromatic heterocycles. The smallest absolute Gasteiger partial charge is 0.399 e. The highest BCUT2D eigenvalue weighted by atomic mass is 19.4. The lowest BCUT2D eigenvalue weighted by Crippen LogP contribution is -2.09. The number of hydrogen-bond acceptors (Lipinski definition) is 2. The van der Waals surface area contributed by atoms with Crippen molar-refractivity contribution in [3.05, 3.63) is 64.7 Å². The zero-order valence-corrected chi connectivity index (χ0v) is 11.4. The summed E-state index contributed by atoms with van der Waals surface area (Å²) < 4.78 is 37.9. The van der Waals surface area contributed by atoms with Gasteiger partial charge in [-0.2, -0.15) is 13.2 Å². The molecule has 0 bridgehead atoms. The number of ketones is 1. The Morgan fingerprint density at radius 1 is 1.14 bits per heavy atom. The van der Waals surface area contributed by atoms with Crippen LogP contribution in [0.2, 0.25) is 0 Å². The predicted octanol–water partition coefficient (Wildman–Crippen LogP) is 4.02. The number of aryl methyl sites for hydroxylation is 1. The molecule has 2 nitrogen and oxygen atoms in total. The Balaban J connectivity index is 2.22. The van der Waals surface area contributed by atoms with E-state index in [9.17, 15) is 18.0 Å². The Bertz CT molecular complexity index is 677. The quantitative estimate of drug-likeness (QED) is 0.686. The van der Waals surface area contributed by atoms with Gasteiger partial charge in [-0.15, -0.1) is 0 Å². The predicted molar refractivity (Wildman–Crippen MR) is 75.1 cm³/mol. The van der Waals surface area contributed by atoms with Gasteiger partial charge in [-0.05, 0) is 36.2 Å². The Hall–Kier alpha value is -2.30. The van der Waals surface area contributed by atoms with Crippen molar-refractivity contribution in [3.8, 4) is 0 Å². The molecule has 0 radical (unpaired) electrons. The average Bonchev–Trinajstić information content (AvgIpc) is 2.42. The molecule has 0 unspecified atom stereocenters. The van der Waals surface area contributed by atoms with Crippen LogP contribution in [-0.4, -0.2) is 5.78 Å². The number of benzene rings is 2. The summed E-state index contributed by atoms with van der Waals surface area (Å²) >= 11 is 0. The van der Waals surface area contributed by atoms with Gasteiger partial charge in [0.15, 0.2) is 5.78 Å². The second kappa shape index (κ2) is 5.60. The lowest BCUT2D eigenvalue weighted by molar-refractivity contribution is -0.137. The molecule has 2 rings (SSSR count). The van der Waals surface area contributed by atoms with Crippen molar-refractivity contribution < 1.29 is 18.0 Å². The van der Waals surface area contributed by atoms with Crippen LogP contribution >= 0.6 is 0 Å². The number of hydrogen-bond donors (Lipinski definition) is 1. The molecule has 21 heavy (non-hydrogen) atoms. The van der Waals surface area contributed by atoms with E-state index in [-0.39, 0.29) is 17.8 Å². The summed E-state index contributed by atoms with van der Waals surface area (Å²) in [6.07, 6.45) is -4.43. The first kappa shape index (κ1) is 15.1. The molecule has 2 aromatic rings. The molecular formula is C16H14F3NO. The van der Waals surface area contributed by atoms with E-state index in [2.05, 4.69) is 0 Å². The van der Waals surface area contributed by atoms with E-state index in [0.717, 1.165) is 17.7 Å². The summed E-state index contributed by atoms with van der Waals surface area (Å²) in [7, 11) is 0. The van der Waals surface area contributed by atoms with Crippen LogP contribution in [0.4, 0.5) is 18.9 Å². The Morgan fingerprint density at radius 3 is 2.48 bits per heavy atom. The van der Waals surface area contributed by atoms with Crippen LogP contribution in [0, 0.1) is 6.92 Å². The van der Waals surface area contributed by atoms with Crippen molar-refractivity contribution in [1.82, 2.24) is 0 Å². The van der Waals surface area contributed by atoms with Crippen LogP contribution in [-0.2, 0) is 12.6 Å². The summed E-state index contributed by atoms with van der Waals surface area (Å²) in [5, 5.41) is 0. The second-order valence-electron chi connectivity index (χ2n) is 4.87. The fraction of sp³-hybridized carbons (Fsp3) is 0.188. The normalized spacial score (nSPS) is 11.4. The number of rotatable bonds is 3. The molecule has 0 amide bonds. The van der Waals surface area contributed by atoms with Crippen molar-refractivity contribution in [2.24, 2.45) is 0 Å². The number of carbonyl (C=O) groups excluding carboxylic acids is 1. The lowest BCUT2D eigenvalue weighted by atomic mass is 10.00. The van der Waals surface area contributed by atoms with Crippen LogP contribution in [0.15, 0.2) is 42.5 Å². The zero-order chi connectivity index (χ0) is 15.6. The molecule has 0 aliphatic carbocycles. The monoisotopic (exact) mass is 293 g/mol. The maximum atomic E-state index is 12.6. The van der Waals surface area contributed by atoms with Gasteiger partial charge in [-0.3, -0.25) is 4.79 Å². The third-order valence-electron chi connectivity index (χ3n) is 3.22. The minimum atomic E-state index is -4.45. The molecular weight excluding hydrogens is 279 g/mol. The SMILES string of the molecule is Cc1ccc(CC(=O)c2cccc(C(F)(F)F)c2)cc1N. The molecule has 2 aromatic carbocycles. The first-order chi connectivity index (χ1) is 9.77. The fourth-order valence-electron chi connectivity index (χ4n) is 1.96. The van der Waals surface area contributed by atoms with E-state index in [1.165, 1.54) is 12.1 Å². The van der Waals surface area contributed by atoms with Crippen LogP contribution in [0.5, 0.6) is 0 Å². The molecule has 0 aliphatic rings. The minimum Gasteiger partial charge on any atom is -0.399 e. The van der Waals surface area contributed by atoms with Gasteiger partial charge >= 0.3 is 6.18 Å². The molecule has 0 heterocycles. The molecule has 0 saturated carbocycles. The van der Waals surface area contributed by atoms with Gasteiger partial charge in [-0.25, -0.2) is 0 Å². The molecule has 0 saturated heterocycles. The van der Waals surface area contributed by atoms with Gasteiger partial charge in [0.25, 0.3) is 0 Å². The largest absolute Gasteiger partial charge is 0.416 e. The van der Waals surface area contributed by atoms with Crippen molar-refractivity contribution in [3.63, 3.8) is 0 Å². The Kier molecular flexibility index (Phi) is 4.02. The molecule has 2 N–H and O–H groups in total. The molecule has 0 aliphatic heterocycles. The van der Waals surface area contributed by atoms with Crippen molar-refractivity contribution in [2.75, 3.05) is 5.73 Å². The minimum absolute atomic E-state index is 0.0196.